The van der Waals surface area contributed by atoms with Crippen molar-refractivity contribution in [2.24, 2.45) is 0 Å². The summed E-state index contributed by atoms with van der Waals surface area (Å²) in [5.41, 5.74) is 0. The fraction of sp³-hybridized carbons (Fsp3) is 0.545. The van der Waals surface area contributed by atoms with Crippen LogP contribution < -0.4 is 4.74 Å². The van der Waals surface area contributed by atoms with E-state index in [1.807, 2.05) is 13.8 Å². The van der Waals surface area contributed by atoms with Gasteiger partial charge in [-0.25, -0.2) is 0 Å². The van der Waals surface area contributed by atoms with Crippen LogP contribution in [0.5, 0.6) is 5.88 Å². The molecule has 88 valence electrons. The molecule has 0 N–H and O–H groups in total. The van der Waals surface area contributed by atoms with Crippen LogP contribution in [0.4, 0.5) is 4.39 Å². The Kier molecular flexibility index (Phi) is 3.07. The molecule has 1 aliphatic heterocycles. The maximum absolute atomic E-state index is 12.7. The van der Waals surface area contributed by atoms with E-state index in [1.54, 1.807) is 12.1 Å². The van der Waals surface area contributed by atoms with E-state index in [-0.39, 0.29) is 12.0 Å². The van der Waals surface area contributed by atoms with Gasteiger partial charge in [-0.2, -0.15) is 9.37 Å². The zero-order valence-electron chi connectivity index (χ0n) is 9.27. The Hall–Kier alpha value is -1.20. The van der Waals surface area contributed by atoms with Gasteiger partial charge in [-0.05, 0) is 19.9 Å². The Morgan fingerprint density at radius 3 is 3.00 bits per heavy atom. The van der Waals surface area contributed by atoms with Crippen LogP contribution in [0.3, 0.4) is 0 Å². The highest BCUT2D eigenvalue weighted by Gasteiger charge is 2.32. The first-order valence-corrected chi connectivity index (χ1v) is 5.12. The minimum atomic E-state index is -0.566. The summed E-state index contributed by atoms with van der Waals surface area (Å²) in [6, 6.07) is 4.42. The number of hydrogen-bond donors (Lipinski definition) is 0. The largest absolute Gasteiger partial charge is 0.475 e. The highest BCUT2D eigenvalue weighted by molar-refractivity contribution is 5.10. The van der Waals surface area contributed by atoms with Gasteiger partial charge in [0.1, 0.15) is 12.7 Å². The number of pyridine rings is 1. The Balaban J connectivity index is 1.84. The third-order valence-corrected chi connectivity index (χ3v) is 2.17. The van der Waals surface area contributed by atoms with Crippen molar-refractivity contribution in [1.82, 2.24) is 4.98 Å². The second kappa shape index (κ2) is 4.35. The molecule has 5 heteroatoms. The minimum Gasteiger partial charge on any atom is -0.475 e. The van der Waals surface area contributed by atoms with Gasteiger partial charge in [-0.1, -0.05) is 6.07 Å². The molecule has 1 atom stereocenters. The summed E-state index contributed by atoms with van der Waals surface area (Å²) in [6.07, 6.45) is -0.139. The van der Waals surface area contributed by atoms with Crippen LogP contribution in [0.1, 0.15) is 13.8 Å². The highest BCUT2D eigenvalue weighted by Crippen LogP contribution is 2.22. The zero-order valence-corrected chi connectivity index (χ0v) is 9.27. The minimum absolute atomic E-state index is 0.139. The summed E-state index contributed by atoms with van der Waals surface area (Å²) in [7, 11) is 0. The lowest BCUT2D eigenvalue weighted by Crippen LogP contribution is -2.25. The summed E-state index contributed by atoms with van der Waals surface area (Å²) in [6.45, 7) is 4.46. The van der Waals surface area contributed by atoms with Gasteiger partial charge in [0.15, 0.2) is 5.79 Å². The predicted molar refractivity (Wildman–Crippen MR) is 54.6 cm³/mol. The Labute approximate surface area is 93.3 Å². The van der Waals surface area contributed by atoms with Gasteiger partial charge in [0.2, 0.25) is 11.8 Å². The lowest BCUT2D eigenvalue weighted by Gasteiger charge is -2.17. The van der Waals surface area contributed by atoms with Crippen LogP contribution in [0, 0.1) is 5.95 Å². The Bertz CT molecular complexity index is 370. The highest BCUT2D eigenvalue weighted by atomic mass is 19.1. The van der Waals surface area contributed by atoms with E-state index in [1.165, 1.54) is 6.07 Å². The van der Waals surface area contributed by atoms with E-state index in [4.69, 9.17) is 14.2 Å². The van der Waals surface area contributed by atoms with Crippen LogP contribution in [-0.4, -0.2) is 30.1 Å². The van der Waals surface area contributed by atoms with Crippen molar-refractivity contribution >= 4 is 0 Å². The molecular weight excluding hydrogens is 213 g/mol. The molecular formula is C11H14FNO3. The van der Waals surface area contributed by atoms with Crippen molar-refractivity contribution in [3.63, 3.8) is 0 Å². The predicted octanol–water partition coefficient (Wildman–Crippen LogP) is 1.75. The van der Waals surface area contributed by atoms with Crippen molar-refractivity contribution in [2.45, 2.75) is 25.7 Å². The number of hydrogen-bond acceptors (Lipinski definition) is 4. The third kappa shape index (κ3) is 2.90. The van der Waals surface area contributed by atoms with Crippen molar-refractivity contribution in [2.75, 3.05) is 13.2 Å². The Morgan fingerprint density at radius 1 is 1.56 bits per heavy atom. The smallest absolute Gasteiger partial charge is 0.216 e. The Morgan fingerprint density at radius 2 is 2.38 bits per heavy atom. The van der Waals surface area contributed by atoms with Gasteiger partial charge in [-0.15, -0.1) is 0 Å². The topological polar surface area (TPSA) is 40.6 Å². The summed E-state index contributed by atoms with van der Waals surface area (Å²) < 4.78 is 29.0. The fourth-order valence-electron chi connectivity index (χ4n) is 1.49. The zero-order chi connectivity index (χ0) is 11.6. The molecule has 1 aliphatic rings. The average molecular weight is 227 g/mol. The van der Waals surface area contributed by atoms with Gasteiger partial charge >= 0.3 is 0 Å². The number of ether oxygens (including phenoxy) is 3. The fourth-order valence-corrected chi connectivity index (χ4v) is 1.49. The maximum Gasteiger partial charge on any atom is 0.216 e. The van der Waals surface area contributed by atoms with Crippen molar-refractivity contribution in [3.05, 3.63) is 24.1 Å². The number of halogens is 1. The number of aromatic nitrogens is 1. The van der Waals surface area contributed by atoms with Gasteiger partial charge < -0.3 is 14.2 Å². The van der Waals surface area contributed by atoms with E-state index in [0.29, 0.717) is 13.2 Å². The van der Waals surface area contributed by atoms with E-state index < -0.39 is 11.7 Å². The molecule has 0 aliphatic carbocycles. The van der Waals surface area contributed by atoms with Gasteiger partial charge in [0, 0.05) is 6.07 Å². The van der Waals surface area contributed by atoms with Gasteiger partial charge in [0.25, 0.3) is 0 Å². The van der Waals surface area contributed by atoms with Crippen LogP contribution in [0.15, 0.2) is 18.2 Å². The first kappa shape index (κ1) is 11.3. The standard InChI is InChI=1S/C11H14FNO3/c1-11(2)15-7-8(16-11)6-14-10-5-3-4-9(12)13-10/h3-5,8H,6-7H2,1-2H3. The molecule has 1 fully saturated rings. The SMILES string of the molecule is CC1(C)OCC(COc2cccc(F)n2)O1. The summed E-state index contributed by atoms with van der Waals surface area (Å²) >= 11 is 0. The second-order valence-corrected chi connectivity index (χ2v) is 4.06. The molecule has 0 saturated carbocycles. The average Bonchev–Trinajstić information content (AvgIpc) is 2.56. The van der Waals surface area contributed by atoms with Crippen molar-refractivity contribution in [1.29, 1.82) is 0 Å². The first-order valence-electron chi connectivity index (χ1n) is 5.12. The summed E-state index contributed by atoms with van der Waals surface area (Å²) in [5.74, 6) is -0.863. The molecule has 0 radical (unpaired) electrons. The van der Waals surface area contributed by atoms with Gasteiger partial charge in [0.05, 0.1) is 6.61 Å². The van der Waals surface area contributed by atoms with E-state index in [9.17, 15) is 4.39 Å². The molecule has 2 heterocycles. The van der Waals surface area contributed by atoms with E-state index >= 15 is 0 Å². The van der Waals surface area contributed by atoms with Crippen LogP contribution in [0.25, 0.3) is 0 Å². The molecule has 0 bridgehead atoms. The van der Waals surface area contributed by atoms with E-state index in [2.05, 4.69) is 4.98 Å². The maximum atomic E-state index is 12.7. The summed E-state index contributed by atoms with van der Waals surface area (Å²) in [5, 5.41) is 0. The molecule has 0 aromatic carbocycles. The van der Waals surface area contributed by atoms with Crippen LogP contribution in [-0.2, 0) is 9.47 Å². The summed E-state index contributed by atoms with van der Waals surface area (Å²) in [4.78, 5) is 3.59. The molecule has 2 rings (SSSR count). The molecule has 1 aromatic rings. The van der Waals surface area contributed by atoms with Crippen molar-refractivity contribution < 1.29 is 18.6 Å². The first-order chi connectivity index (χ1) is 7.55. The lowest BCUT2D eigenvalue weighted by molar-refractivity contribution is -0.141. The molecule has 4 nitrogen and oxygen atoms in total. The van der Waals surface area contributed by atoms with E-state index in [0.717, 1.165) is 0 Å². The lowest BCUT2D eigenvalue weighted by atomic mass is 10.4. The van der Waals surface area contributed by atoms with Crippen LogP contribution in [0.2, 0.25) is 0 Å². The number of rotatable bonds is 3. The molecule has 16 heavy (non-hydrogen) atoms. The molecule has 0 spiro atoms. The third-order valence-electron chi connectivity index (χ3n) is 2.17. The molecule has 1 saturated heterocycles. The van der Waals surface area contributed by atoms with Gasteiger partial charge in [-0.3, -0.25) is 0 Å². The molecule has 1 aromatic heterocycles. The quantitative estimate of drug-likeness (QED) is 0.738. The monoisotopic (exact) mass is 227 g/mol. The number of nitrogens with zero attached hydrogens (tertiary/aromatic N) is 1. The molecule has 1 unspecified atom stereocenters. The van der Waals surface area contributed by atoms with Crippen molar-refractivity contribution in [3.8, 4) is 5.88 Å². The molecule has 0 amide bonds. The second-order valence-electron chi connectivity index (χ2n) is 4.06. The van der Waals surface area contributed by atoms with Crippen LogP contribution >= 0.6 is 0 Å². The normalized spacial score (nSPS) is 23.3.